The van der Waals surface area contributed by atoms with Gasteiger partial charge in [0.25, 0.3) is 5.91 Å². The Bertz CT molecular complexity index is 2150. The number of aryl methyl sites for hydroxylation is 2. The normalized spacial score (nSPS) is 23.3. The fraction of sp³-hybridized carbons (Fsp3) is 0.190. The van der Waals surface area contributed by atoms with Crippen LogP contribution in [0.2, 0.25) is 0 Å². The summed E-state index contributed by atoms with van der Waals surface area (Å²) in [5, 5.41) is 5.84. The molecule has 51 heavy (non-hydrogen) atoms. The second kappa shape index (κ2) is 12.2. The van der Waals surface area contributed by atoms with E-state index in [1.165, 1.54) is 0 Å². The van der Waals surface area contributed by atoms with Gasteiger partial charge in [-0.15, -0.1) is 23.2 Å². The standard InChI is InChI=1S/C42H33Cl2N3O4/c1-24-19-20-33(25(2)21-24)46-37(48)27-13-10-14-28(23-27)45-38(49)34(22-26-11-4-3-5-12-26)47-39(50)35-36(40(47)51)42(44)30-16-7-6-15-29(30)41(35,43)31-17-8-9-18-32(31)42/h3-21,23,34-36H,22H2,1-2H3,(H,45,49)(H,46,48)/t34-,35-,36+,41?,42?/m1/s1. The first-order valence-corrected chi connectivity index (χ1v) is 17.6. The Morgan fingerprint density at radius 2 is 1.24 bits per heavy atom. The van der Waals surface area contributed by atoms with Gasteiger partial charge in [0.2, 0.25) is 17.7 Å². The molecule has 9 heteroatoms. The van der Waals surface area contributed by atoms with E-state index in [0.29, 0.717) is 39.2 Å². The lowest BCUT2D eigenvalue weighted by Gasteiger charge is -2.54. The van der Waals surface area contributed by atoms with Gasteiger partial charge in [0.15, 0.2) is 0 Å². The van der Waals surface area contributed by atoms with E-state index in [0.717, 1.165) is 21.6 Å². The number of hydrogen-bond acceptors (Lipinski definition) is 4. The van der Waals surface area contributed by atoms with Gasteiger partial charge < -0.3 is 10.6 Å². The van der Waals surface area contributed by atoms with Crippen LogP contribution in [0.1, 0.15) is 49.3 Å². The van der Waals surface area contributed by atoms with Gasteiger partial charge in [0, 0.05) is 23.4 Å². The molecule has 0 aromatic heterocycles. The summed E-state index contributed by atoms with van der Waals surface area (Å²) < 4.78 is 0. The third-order valence-corrected chi connectivity index (χ3v) is 11.8. The summed E-state index contributed by atoms with van der Waals surface area (Å²) in [4.78, 5) is 55.6. The molecule has 5 aromatic carbocycles. The molecule has 3 atom stereocenters. The molecule has 7 nitrogen and oxygen atoms in total. The van der Waals surface area contributed by atoms with Gasteiger partial charge in [-0.3, -0.25) is 24.1 Å². The van der Waals surface area contributed by atoms with Crippen molar-refractivity contribution in [2.24, 2.45) is 11.8 Å². The lowest BCUT2D eigenvalue weighted by molar-refractivity contribution is -0.146. The molecule has 4 aliphatic rings. The van der Waals surface area contributed by atoms with Gasteiger partial charge in [-0.2, -0.15) is 0 Å². The zero-order valence-corrected chi connectivity index (χ0v) is 29.3. The van der Waals surface area contributed by atoms with Gasteiger partial charge >= 0.3 is 0 Å². The molecule has 2 N–H and O–H groups in total. The Morgan fingerprint density at radius 3 is 1.78 bits per heavy atom. The number of nitrogens with zero attached hydrogens (tertiary/aromatic N) is 1. The third-order valence-electron chi connectivity index (χ3n) is 10.5. The highest BCUT2D eigenvalue weighted by molar-refractivity contribution is 6.36. The van der Waals surface area contributed by atoms with E-state index >= 15 is 0 Å². The summed E-state index contributed by atoms with van der Waals surface area (Å²) >= 11 is 15.3. The minimum atomic E-state index is -1.37. The third kappa shape index (κ3) is 5.01. The van der Waals surface area contributed by atoms with Crippen molar-refractivity contribution in [2.45, 2.75) is 36.1 Å². The molecular weight excluding hydrogens is 681 g/mol. The summed E-state index contributed by atoms with van der Waals surface area (Å²) in [6, 6.07) is 35.1. The van der Waals surface area contributed by atoms with Crippen LogP contribution in [0.25, 0.3) is 0 Å². The lowest BCUT2D eigenvalue weighted by atomic mass is 9.54. The van der Waals surface area contributed by atoms with Gasteiger partial charge in [0.1, 0.15) is 15.8 Å². The van der Waals surface area contributed by atoms with Crippen molar-refractivity contribution in [3.05, 3.63) is 166 Å². The Balaban J connectivity index is 1.15. The predicted molar refractivity (Wildman–Crippen MR) is 198 cm³/mol. The summed E-state index contributed by atoms with van der Waals surface area (Å²) in [5.74, 6) is -4.11. The smallest absolute Gasteiger partial charge is 0.255 e. The summed E-state index contributed by atoms with van der Waals surface area (Å²) in [7, 11) is 0. The molecule has 1 fully saturated rings. The number of amides is 4. The van der Waals surface area contributed by atoms with E-state index in [2.05, 4.69) is 10.6 Å². The molecule has 9 rings (SSSR count). The SMILES string of the molecule is Cc1ccc(NC(=O)c2cccc(NC(=O)[C@@H](Cc3ccccc3)N3C(=O)[C@@H]4[C@H](C3=O)C3(Cl)c5ccccc5C4(Cl)c4ccccc43)c2)c(C)c1. The molecule has 5 aromatic rings. The van der Waals surface area contributed by atoms with Gasteiger partial charge in [-0.05, 0) is 71.5 Å². The number of likely N-dealkylation sites (tertiary alicyclic amines) is 1. The second-order valence-electron chi connectivity index (χ2n) is 13.6. The second-order valence-corrected chi connectivity index (χ2v) is 14.8. The topological polar surface area (TPSA) is 95.6 Å². The molecule has 2 bridgehead atoms. The quantitative estimate of drug-likeness (QED) is 0.134. The maximum absolute atomic E-state index is 14.8. The maximum Gasteiger partial charge on any atom is 0.255 e. The Labute approximate surface area is 305 Å². The molecule has 3 aliphatic carbocycles. The Kier molecular flexibility index (Phi) is 7.89. The van der Waals surface area contributed by atoms with Crippen LogP contribution in [0, 0.1) is 25.7 Å². The minimum Gasteiger partial charge on any atom is -0.324 e. The molecule has 0 radical (unpaired) electrons. The van der Waals surface area contributed by atoms with Crippen molar-refractivity contribution in [1.29, 1.82) is 0 Å². The fourth-order valence-electron chi connectivity index (χ4n) is 8.25. The number of nitrogens with one attached hydrogen (secondary N) is 2. The molecule has 1 aliphatic heterocycles. The molecule has 4 amide bonds. The highest BCUT2D eigenvalue weighted by atomic mass is 35.5. The minimum absolute atomic E-state index is 0.0565. The van der Waals surface area contributed by atoms with Crippen molar-refractivity contribution in [2.75, 3.05) is 10.6 Å². The predicted octanol–water partition coefficient (Wildman–Crippen LogP) is 7.70. The van der Waals surface area contributed by atoms with Crippen LogP contribution in [0.5, 0.6) is 0 Å². The summed E-state index contributed by atoms with van der Waals surface area (Å²) in [5.41, 5.74) is 6.85. The molecule has 0 unspecified atom stereocenters. The molecule has 254 valence electrons. The zero-order valence-electron chi connectivity index (χ0n) is 27.8. The van der Waals surface area contributed by atoms with Crippen molar-refractivity contribution < 1.29 is 19.2 Å². The van der Waals surface area contributed by atoms with Crippen LogP contribution in [-0.4, -0.2) is 34.6 Å². The fourth-order valence-corrected chi connectivity index (χ4v) is 9.34. The maximum atomic E-state index is 14.8. The number of rotatable bonds is 7. The number of alkyl halides is 2. The van der Waals surface area contributed by atoms with Crippen LogP contribution < -0.4 is 10.6 Å². The van der Waals surface area contributed by atoms with Gasteiger partial charge in [-0.25, -0.2) is 0 Å². The van der Waals surface area contributed by atoms with Crippen molar-refractivity contribution in [3.8, 4) is 0 Å². The van der Waals surface area contributed by atoms with Crippen LogP contribution in [0.15, 0.2) is 121 Å². The highest BCUT2D eigenvalue weighted by Crippen LogP contribution is 2.69. The van der Waals surface area contributed by atoms with E-state index < -0.39 is 45.3 Å². The van der Waals surface area contributed by atoms with E-state index in [4.69, 9.17) is 23.2 Å². The lowest BCUT2D eigenvalue weighted by Crippen LogP contribution is -2.57. The number of carbonyl (C=O) groups excluding carboxylic acids is 4. The average Bonchev–Trinajstić information content (AvgIpc) is 3.41. The molecule has 1 heterocycles. The summed E-state index contributed by atoms with van der Waals surface area (Å²) in [6.07, 6.45) is 0.0565. The number of anilines is 2. The van der Waals surface area contributed by atoms with E-state index in [1.807, 2.05) is 111 Å². The molecule has 1 saturated heterocycles. The first kappa shape index (κ1) is 32.9. The largest absolute Gasteiger partial charge is 0.324 e. The number of imide groups is 1. The number of halogens is 2. The van der Waals surface area contributed by atoms with Crippen LogP contribution >= 0.6 is 23.2 Å². The average molecular weight is 715 g/mol. The van der Waals surface area contributed by atoms with Crippen LogP contribution in [0.4, 0.5) is 11.4 Å². The van der Waals surface area contributed by atoms with Crippen molar-refractivity contribution in [1.82, 2.24) is 4.90 Å². The molecule has 0 spiro atoms. The van der Waals surface area contributed by atoms with E-state index in [1.54, 1.807) is 24.3 Å². The first-order chi connectivity index (χ1) is 24.5. The first-order valence-electron chi connectivity index (χ1n) is 16.8. The van der Waals surface area contributed by atoms with Crippen LogP contribution in [-0.2, 0) is 30.6 Å². The van der Waals surface area contributed by atoms with Gasteiger partial charge in [0.05, 0.1) is 11.8 Å². The van der Waals surface area contributed by atoms with Crippen molar-refractivity contribution >= 4 is 58.2 Å². The molecule has 0 saturated carbocycles. The van der Waals surface area contributed by atoms with Crippen LogP contribution in [0.3, 0.4) is 0 Å². The Morgan fingerprint density at radius 1 is 0.686 bits per heavy atom. The number of carbonyl (C=O) groups is 4. The van der Waals surface area contributed by atoms with Crippen molar-refractivity contribution in [3.63, 3.8) is 0 Å². The highest BCUT2D eigenvalue weighted by Gasteiger charge is 2.73. The molecular formula is C42H33Cl2N3O4. The zero-order chi connectivity index (χ0) is 35.7. The van der Waals surface area contributed by atoms with E-state index in [9.17, 15) is 19.2 Å². The number of benzene rings is 5. The monoisotopic (exact) mass is 713 g/mol. The Hall–Kier alpha value is -5.24. The van der Waals surface area contributed by atoms with E-state index in [-0.39, 0.29) is 12.3 Å². The summed E-state index contributed by atoms with van der Waals surface area (Å²) in [6.45, 7) is 3.90. The number of hydrogen-bond donors (Lipinski definition) is 2. The van der Waals surface area contributed by atoms with Gasteiger partial charge in [-0.1, -0.05) is 103 Å².